The Morgan fingerprint density at radius 3 is 2.50 bits per heavy atom. The van der Waals surface area contributed by atoms with Gasteiger partial charge in [0.2, 0.25) is 0 Å². The zero-order chi connectivity index (χ0) is 14.5. The van der Waals surface area contributed by atoms with Crippen molar-refractivity contribution in [3.63, 3.8) is 0 Å². The first kappa shape index (κ1) is 13.4. The summed E-state index contributed by atoms with van der Waals surface area (Å²) < 4.78 is 0. The maximum Gasteiger partial charge on any atom is 0.147 e. The van der Waals surface area contributed by atoms with Gasteiger partial charge < -0.3 is 0 Å². The summed E-state index contributed by atoms with van der Waals surface area (Å²) in [4.78, 5) is 12.8. The number of allylic oxidation sites excluding steroid dienone is 3. The van der Waals surface area contributed by atoms with Crippen molar-refractivity contribution in [2.75, 3.05) is 0 Å². The molecular weight excluding hydrogens is 244 g/mol. The number of carbonyl (C=O) groups is 1. The summed E-state index contributed by atoms with van der Waals surface area (Å²) in [6.45, 7) is 10.6. The number of benzene rings is 1. The highest BCUT2D eigenvalue weighted by Crippen LogP contribution is 2.63. The second kappa shape index (κ2) is 4.44. The molecule has 0 N–H and O–H groups in total. The Kier molecular flexibility index (Phi) is 2.97. The van der Waals surface area contributed by atoms with Crippen LogP contribution in [0.25, 0.3) is 0 Å². The van der Waals surface area contributed by atoms with Crippen molar-refractivity contribution < 1.29 is 4.79 Å². The molecule has 0 aliphatic heterocycles. The van der Waals surface area contributed by atoms with E-state index in [0.29, 0.717) is 11.7 Å². The third-order valence-electron chi connectivity index (χ3n) is 5.24. The van der Waals surface area contributed by atoms with Crippen molar-refractivity contribution in [2.45, 2.75) is 33.1 Å². The minimum absolute atomic E-state index is 0.121. The van der Waals surface area contributed by atoms with E-state index >= 15 is 0 Å². The van der Waals surface area contributed by atoms with Crippen molar-refractivity contribution >= 4 is 5.78 Å². The number of hydrogen-bond donors (Lipinski definition) is 0. The highest BCUT2D eigenvalue weighted by atomic mass is 16.1. The normalized spacial score (nSPS) is 35.5. The molecule has 1 heteroatoms. The van der Waals surface area contributed by atoms with E-state index in [1.807, 2.05) is 6.07 Å². The van der Waals surface area contributed by atoms with Crippen LogP contribution < -0.4 is 0 Å². The molecule has 0 aromatic heterocycles. The summed E-state index contributed by atoms with van der Waals surface area (Å²) in [6.07, 6.45) is 3.24. The molecule has 3 unspecified atom stereocenters. The zero-order valence-corrected chi connectivity index (χ0v) is 12.5. The summed E-state index contributed by atoms with van der Waals surface area (Å²) in [6, 6.07) is 10.4. The van der Waals surface area contributed by atoms with Gasteiger partial charge >= 0.3 is 0 Å². The third-order valence-corrected chi connectivity index (χ3v) is 5.24. The Morgan fingerprint density at radius 2 is 1.95 bits per heavy atom. The average Bonchev–Trinajstić information content (AvgIpc) is 2.75. The van der Waals surface area contributed by atoms with Gasteiger partial charge in [-0.2, -0.15) is 0 Å². The molecule has 1 nitrogen and oxygen atoms in total. The van der Waals surface area contributed by atoms with Gasteiger partial charge in [0, 0.05) is 11.8 Å². The number of carbonyl (C=O) groups excluding carboxylic acids is 1. The molecule has 1 aromatic rings. The Hall–Kier alpha value is -1.63. The summed E-state index contributed by atoms with van der Waals surface area (Å²) >= 11 is 0. The summed E-state index contributed by atoms with van der Waals surface area (Å²) in [5, 5.41) is 0. The molecule has 1 aromatic carbocycles. The highest BCUT2D eigenvalue weighted by molar-refractivity contribution is 5.97. The predicted molar refractivity (Wildman–Crippen MR) is 82.5 cm³/mol. The maximum absolute atomic E-state index is 12.8. The first-order valence-corrected chi connectivity index (χ1v) is 7.39. The molecule has 2 saturated carbocycles. The molecule has 0 saturated heterocycles. The summed E-state index contributed by atoms with van der Waals surface area (Å²) in [5.41, 5.74) is 3.30. The van der Waals surface area contributed by atoms with Gasteiger partial charge in [-0.15, -0.1) is 0 Å². The van der Waals surface area contributed by atoms with Crippen molar-refractivity contribution in [3.05, 3.63) is 59.7 Å². The fraction of sp³-hybridized carbons (Fsp3) is 0.421. The van der Waals surface area contributed by atoms with Crippen LogP contribution in [0.15, 0.2) is 54.1 Å². The standard InChI is InChI=1S/C19H22O/c1-12(2)10-15-11-16-17(14-8-6-5-7-9-14)13(3)19(15,4)18(16)20/h5-10,15-17H,3,11H2,1-2,4H3/t15?,16?,17?,19-/m0/s1. The van der Waals surface area contributed by atoms with Crippen LogP contribution in [0.3, 0.4) is 0 Å². The smallest absolute Gasteiger partial charge is 0.147 e. The zero-order valence-electron chi connectivity index (χ0n) is 12.5. The van der Waals surface area contributed by atoms with E-state index in [4.69, 9.17) is 0 Å². The van der Waals surface area contributed by atoms with E-state index < -0.39 is 0 Å². The van der Waals surface area contributed by atoms with E-state index in [1.165, 1.54) is 11.1 Å². The molecule has 2 fully saturated rings. The van der Waals surface area contributed by atoms with Gasteiger partial charge in [-0.25, -0.2) is 0 Å². The fourth-order valence-electron chi connectivity index (χ4n) is 4.16. The molecule has 0 amide bonds. The van der Waals surface area contributed by atoms with Crippen LogP contribution in [-0.4, -0.2) is 5.78 Å². The molecule has 2 bridgehead atoms. The summed E-state index contributed by atoms with van der Waals surface area (Å²) in [7, 11) is 0. The Labute approximate surface area is 121 Å². The third kappa shape index (κ3) is 1.65. The van der Waals surface area contributed by atoms with Crippen LogP contribution in [0, 0.1) is 17.3 Å². The lowest BCUT2D eigenvalue weighted by atomic mass is 9.68. The lowest BCUT2D eigenvalue weighted by molar-refractivity contribution is -0.124. The molecule has 0 spiro atoms. The van der Waals surface area contributed by atoms with Crippen LogP contribution in [0.4, 0.5) is 0 Å². The van der Waals surface area contributed by atoms with Crippen LogP contribution >= 0.6 is 0 Å². The van der Waals surface area contributed by atoms with Crippen molar-refractivity contribution in [1.29, 1.82) is 0 Å². The van der Waals surface area contributed by atoms with Gasteiger partial charge in [0.15, 0.2) is 0 Å². The van der Waals surface area contributed by atoms with Crippen molar-refractivity contribution in [3.8, 4) is 0 Å². The van der Waals surface area contributed by atoms with E-state index in [0.717, 1.165) is 12.0 Å². The van der Waals surface area contributed by atoms with Gasteiger partial charge in [0.25, 0.3) is 0 Å². The fourth-order valence-corrected chi connectivity index (χ4v) is 4.16. The minimum atomic E-state index is -0.359. The number of Topliss-reactive ketones (excluding diaryl/α,β-unsaturated/α-hetero) is 1. The Morgan fingerprint density at radius 1 is 1.30 bits per heavy atom. The largest absolute Gasteiger partial charge is 0.298 e. The van der Waals surface area contributed by atoms with Gasteiger partial charge in [-0.1, -0.05) is 54.1 Å². The van der Waals surface area contributed by atoms with Crippen LogP contribution in [-0.2, 0) is 4.79 Å². The molecule has 2 aliphatic rings. The van der Waals surface area contributed by atoms with E-state index in [-0.39, 0.29) is 17.3 Å². The van der Waals surface area contributed by atoms with E-state index in [1.54, 1.807) is 0 Å². The number of hydrogen-bond acceptors (Lipinski definition) is 1. The van der Waals surface area contributed by atoms with Crippen molar-refractivity contribution in [2.24, 2.45) is 17.3 Å². The SMILES string of the molecule is C=C1C(c2ccccc2)C2CC(C=C(C)C)[C@@]1(C)C2=O. The van der Waals surface area contributed by atoms with Crippen LogP contribution in [0.1, 0.15) is 38.7 Å². The first-order valence-electron chi connectivity index (χ1n) is 7.39. The predicted octanol–water partition coefficient (Wildman–Crippen LogP) is 4.52. The molecule has 3 rings (SSSR count). The topological polar surface area (TPSA) is 17.1 Å². The maximum atomic E-state index is 12.8. The quantitative estimate of drug-likeness (QED) is 0.719. The molecule has 4 atom stereocenters. The van der Waals surface area contributed by atoms with Crippen LogP contribution in [0.5, 0.6) is 0 Å². The summed E-state index contributed by atoms with van der Waals surface area (Å²) in [5.74, 6) is 1.07. The number of fused-ring (bicyclic) bond motifs is 2. The second-order valence-electron chi connectivity index (χ2n) is 6.67. The van der Waals surface area contributed by atoms with E-state index in [9.17, 15) is 4.79 Å². The van der Waals surface area contributed by atoms with Gasteiger partial charge in [0.1, 0.15) is 5.78 Å². The van der Waals surface area contributed by atoms with Gasteiger partial charge in [-0.05, 0) is 38.7 Å². The molecule has 2 aliphatic carbocycles. The molecular formula is C19H22O. The number of rotatable bonds is 2. The molecule has 0 heterocycles. The van der Waals surface area contributed by atoms with Crippen LogP contribution in [0.2, 0.25) is 0 Å². The highest BCUT2D eigenvalue weighted by Gasteiger charge is 2.62. The molecule has 20 heavy (non-hydrogen) atoms. The van der Waals surface area contributed by atoms with Gasteiger partial charge in [0.05, 0.1) is 5.41 Å². The second-order valence-corrected chi connectivity index (χ2v) is 6.67. The minimum Gasteiger partial charge on any atom is -0.298 e. The Bertz CT molecular complexity index is 591. The van der Waals surface area contributed by atoms with E-state index in [2.05, 4.69) is 57.7 Å². The van der Waals surface area contributed by atoms with Gasteiger partial charge in [-0.3, -0.25) is 4.79 Å². The lowest BCUT2D eigenvalue weighted by Crippen LogP contribution is -2.28. The molecule has 104 valence electrons. The number of ketones is 1. The lowest BCUT2D eigenvalue weighted by Gasteiger charge is -2.34. The average molecular weight is 266 g/mol. The van der Waals surface area contributed by atoms with Crippen molar-refractivity contribution in [1.82, 2.24) is 0 Å². The Balaban J connectivity index is 2.02. The monoisotopic (exact) mass is 266 g/mol. The first-order chi connectivity index (χ1) is 9.46. The molecule has 0 radical (unpaired) electrons.